The van der Waals surface area contributed by atoms with E-state index in [1.165, 1.54) is 57.8 Å². The van der Waals surface area contributed by atoms with E-state index in [4.69, 9.17) is 5.11 Å². The third-order valence-electron chi connectivity index (χ3n) is 4.16. The number of carbonyl (C=O) groups is 2. The van der Waals surface area contributed by atoms with Crippen molar-refractivity contribution in [2.24, 2.45) is 0 Å². The molecule has 0 unspecified atom stereocenters. The first kappa shape index (κ1) is 21.1. The van der Waals surface area contributed by atoms with Gasteiger partial charge in [-0.25, -0.2) is 0 Å². The molecule has 0 saturated carbocycles. The molecular weight excluding hydrogens is 276 g/mol. The maximum atomic E-state index is 11.6. The van der Waals surface area contributed by atoms with Gasteiger partial charge in [-0.15, -0.1) is 0 Å². The van der Waals surface area contributed by atoms with Crippen LogP contribution in [0.5, 0.6) is 0 Å². The van der Waals surface area contributed by atoms with Crippen LogP contribution >= 0.6 is 0 Å². The largest absolute Gasteiger partial charge is 0.481 e. The summed E-state index contributed by atoms with van der Waals surface area (Å²) in [6.45, 7) is 2.17. The van der Waals surface area contributed by atoms with E-state index in [9.17, 15) is 9.59 Å². The van der Waals surface area contributed by atoms with E-state index in [1.807, 2.05) is 0 Å². The molecular formula is C19H36O3. The highest BCUT2D eigenvalue weighted by Crippen LogP contribution is 2.12. The molecule has 0 rings (SSSR count). The van der Waals surface area contributed by atoms with E-state index < -0.39 is 5.97 Å². The molecule has 0 saturated heterocycles. The van der Waals surface area contributed by atoms with Gasteiger partial charge in [-0.3, -0.25) is 9.59 Å². The summed E-state index contributed by atoms with van der Waals surface area (Å²) in [5.41, 5.74) is 0. The number of ketones is 1. The molecule has 0 radical (unpaired) electrons. The minimum atomic E-state index is -0.677. The van der Waals surface area contributed by atoms with Crippen LogP contribution in [0, 0.1) is 0 Å². The van der Waals surface area contributed by atoms with Crippen molar-refractivity contribution in [3.8, 4) is 0 Å². The lowest BCUT2D eigenvalue weighted by molar-refractivity contribution is -0.137. The second-order valence-electron chi connectivity index (χ2n) is 6.43. The van der Waals surface area contributed by atoms with Gasteiger partial charge in [0, 0.05) is 19.3 Å². The van der Waals surface area contributed by atoms with Gasteiger partial charge in [-0.1, -0.05) is 71.1 Å². The second-order valence-corrected chi connectivity index (χ2v) is 6.43. The van der Waals surface area contributed by atoms with Crippen LogP contribution in [0.4, 0.5) is 0 Å². The van der Waals surface area contributed by atoms with Crippen molar-refractivity contribution in [1.29, 1.82) is 0 Å². The Labute approximate surface area is 136 Å². The summed E-state index contributed by atoms with van der Waals surface area (Å²) >= 11 is 0. The minimum absolute atomic E-state index is 0.317. The fourth-order valence-electron chi connectivity index (χ4n) is 2.71. The Morgan fingerprint density at radius 1 is 0.591 bits per heavy atom. The van der Waals surface area contributed by atoms with E-state index in [2.05, 4.69) is 6.92 Å². The predicted molar refractivity (Wildman–Crippen MR) is 92.2 cm³/mol. The number of rotatable bonds is 17. The summed E-state index contributed by atoms with van der Waals surface area (Å²) in [5.74, 6) is -0.223. The molecule has 0 heterocycles. The van der Waals surface area contributed by atoms with Crippen molar-refractivity contribution in [3.63, 3.8) is 0 Å². The molecule has 0 aliphatic carbocycles. The molecule has 0 fully saturated rings. The summed E-state index contributed by atoms with van der Waals surface area (Å²) in [5, 5.41) is 8.52. The Hall–Kier alpha value is -0.860. The van der Waals surface area contributed by atoms with Gasteiger partial charge < -0.3 is 5.11 Å². The number of carboxylic acids is 1. The highest BCUT2D eigenvalue weighted by atomic mass is 16.4. The monoisotopic (exact) mass is 312 g/mol. The van der Waals surface area contributed by atoms with Crippen LogP contribution < -0.4 is 0 Å². The van der Waals surface area contributed by atoms with Crippen molar-refractivity contribution in [2.75, 3.05) is 0 Å². The average molecular weight is 312 g/mol. The first-order chi connectivity index (χ1) is 10.7. The smallest absolute Gasteiger partial charge is 0.303 e. The van der Waals surface area contributed by atoms with Crippen LogP contribution in [-0.4, -0.2) is 16.9 Å². The van der Waals surface area contributed by atoms with Crippen molar-refractivity contribution in [2.45, 2.75) is 110 Å². The normalized spacial score (nSPS) is 10.8. The number of carbonyl (C=O) groups excluding carboxylic acids is 1. The van der Waals surface area contributed by atoms with Crippen LogP contribution in [-0.2, 0) is 9.59 Å². The quantitative estimate of drug-likeness (QED) is 0.340. The molecule has 3 heteroatoms. The van der Waals surface area contributed by atoms with E-state index >= 15 is 0 Å². The average Bonchev–Trinajstić information content (AvgIpc) is 2.48. The van der Waals surface area contributed by atoms with Gasteiger partial charge in [0.25, 0.3) is 0 Å². The number of carboxylic acid groups (broad SMARTS) is 1. The van der Waals surface area contributed by atoms with Gasteiger partial charge in [0.05, 0.1) is 0 Å². The van der Waals surface area contributed by atoms with Crippen molar-refractivity contribution in [1.82, 2.24) is 0 Å². The number of hydrogen-bond acceptors (Lipinski definition) is 2. The Morgan fingerprint density at radius 2 is 0.955 bits per heavy atom. The standard InChI is InChI=1S/C19H36O3/c1-2-3-12-15-18(20)16-13-10-8-6-4-5-7-9-11-14-17-19(21)22/h2-17H2,1H3,(H,21,22). The maximum Gasteiger partial charge on any atom is 0.303 e. The molecule has 0 aliphatic heterocycles. The summed E-state index contributed by atoms with van der Waals surface area (Å²) in [7, 11) is 0. The number of hydrogen-bond donors (Lipinski definition) is 1. The fourth-order valence-corrected chi connectivity index (χ4v) is 2.71. The summed E-state index contributed by atoms with van der Waals surface area (Å²) in [6.07, 6.45) is 16.9. The Kier molecular flexibility index (Phi) is 15.9. The molecule has 0 aromatic carbocycles. The summed E-state index contributed by atoms with van der Waals surface area (Å²) in [6, 6.07) is 0. The molecule has 0 aromatic rings. The van der Waals surface area contributed by atoms with Crippen LogP contribution in [0.3, 0.4) is 0 Å². The Morgan fingerprint density at radius 3 is 1.36 bits per heavy atom. The molecule has 1 N–H and O–H groups in total. The molecule has 0 spiro atoms. The number of Topliss-reactive ketones (excluding diaryl/α,β-unsaturated/α-hetero) is 1. The van der Waals surface area contributed by atoms with Crippen LogP contribution in [0.15, 0.2) is 0 Å². The van der Waals surface area contributed by atoms with E-state index in [-0.39, 0.29) is 0 Å². The lowest BCUT2D eigenvalue weighted by Crippen LogP contribution is -1.97. The first-order valence-electron chi connectivity index (χ1n) is 9.40. The van der Waals surface area contributed by atoms with Gasteiger partial charge >= 0.3 is 5.97 Å². The summed E-state index contributed by atoms with van der Waals surface area (Å²) < 4.78 is 0. The Bertz CT molecular complexity index is 274. The second kappa shape index (κ2) is 16.5. The van der Waals surface area contributed by atoms with Gasteiger partial charge in [0.1, 0.15) is 5.78 Å². The highest BCUT2D eigenvalue weighted by Gasteiger charge is 2.01. The van der Waals surface area contributed by atoms with E-state index in [0.717, 1.165) is 38.5 Å². The summed E-state index contributed by atoms with van der Waals surface area (Å²) in [4.78, 5) is 21.9. The molecule has 22 heavy (non-hydrogen) atoms. The van der Waals surface area contributed by atoms with E-state index in [0.29, 0.717) is 12.2 Å². The van der Waals surface area contributed by atoms with Crippen LogP contribution in [0.25, 0.3) is 0 Å². The first-order valence-corrected chi connectivity index (χ1v) is 9.40. The van der Waals surface area contributed by atoms with Crippen molar-refractivity contribution < 1.29 is 14.7 Å². The third-order valence-corrected chi connectivity index (χ3v) is 4.16. The van der Waals surface area contributed by atoms with Crippen molar-refractivity contribution in [3.05, 3.63) is 0 Å². The Balaban J connectivity index is 3.11. The predicted octanol–water partition coefficient (Wildman–Crippen LogP) is 5.90. The molecule has 0 bridgehead atoms. The molecule has 0 aliphatic rings. The van der Waals surface area contributed by atoms with Crippen LogP contribution in [0.1, 0.15) is 110 Å². The molecule has 3 nitrogen and oxygen atoms in total. The zero-order valence-electron chi connectivity index (χ0n) is 14.6. The van der Waals surface area contributed by atoms with Gasteiger partial charge in [-0.2, -0.15) is 0 Å². The molecule has 0 amide bonds. The fraction of sp³-hybridized carbons (Fsp3) is 0.895. The van der Waals surface area contributed by atoms with Crippen LogP contribution in [0.2, 0.25) is 0 Å². The number of unbranched alkanes of at least 4 members (excludes halogenated alkanes) is 11. The molecule has 130 valence electrons. The van der Waals surface area contributed by atoms with E-state index in [1.54, 1.807) is 0 Å². The number of aliphatic carboxylic acids is 1. The zero-order valence-corrected chi connectivity index (χ0v) is 14.6. The van der Waals surface area contributed by atoms with Gasteiger partial charge in [-0.05, 0) is 19.3 Å². The lowest BCUT2D eigenvalue weighted by Gasteiger charge is -2.03. The lowest BCUT2D eigenvalue weighted by atomic mass is 10.0. The maximum absolute atomic E-state index is 11.6. The molecule has 0 aromatic heterocycles. The third kappa shape index (κ3) is 17.2. The minimum Gasteiger partial charge on any atom is -0.481 e. The topological polar surface area (TPSA) is 54.4 Å². The molecule has 0 atom stereocenters. The zero-order chi connectivity index (χ0) is 16.5. The highest BCUT2D eigenvalue weighted by molar-refractivity contribution is 5.78. The van der Waals surface area contributed by atoms with Crippen molar-refractivity contribution >= 4 is 11.8 Å². The van der Waals surface area contributed by atoms with Gasteiger partial charge in [0.2, 0.25) is 0 Å². The van der Waals surface area contributed by atoms with Gasteiger partial charge in [0.15, 0.2) is 0 Å². The SMILES string of the molecule is CCCCCC(=O)CCCCCCCCCCCCC(=O)O.